The fourth-order valence-electron chi connectivity index (χ4n) is 1.42. The Hall–Kier alpha value is -0.730. The van der Waals surface area contributed by atoms with Gasteiger partial charge in [0, 0.05) is 5.75 Å². The van der Waals surface area contributed by atoms with E-state index in [0.29, 0.717) is 5.75 Å². The topological polar surface area (TPSA) is 101 Å². The van der Waals surface area contributed by atoms with Crippen molar-refractivity contribution in [3.8, 4) is 0 Å². The monoisotopic (exact) mass is 278 g/mol. The lowest BCUT2D eigenvalue weighted by Gasteiger charge is -2.23. The van der Waals surface area contributed by atoms with Crippen LogP contribution in [0.4, 0.5) is 0 Å². The molecule has 8 heteroatoms. The Kier molecular flexibility index (Phi) is 4.84. The van der Waals surface area contributed by atoms with Crippen molar-refractivity contribution in [3.63, 3.8) is 0 Å². The molecule has 1 amide bonds. The fraction of sp³-hybridized carbons (Fsp3) is 0.667. The summed E-state index contributed by atoms with van der Waals surface area (Å²) in [6.07, 6.45) is 0. The van der Waals surface area contributed by atoms with Crippen LogP contribution in [0.2, 0.25) is 0 Å². The molecule has 0 spiro atoms. The van der Waals surface area contributed by atoms with Crippen LogP contribution in [0.5, 0.6) is 0 Å². The Morgan fingerprint density at radius 1 is 1.53 bits per heavy atom. The first-order valence-electron chi connectivity index (χ1n) is 4.94. The molecule has 6 nitrogen and oxygen atoms in total. The highest BCUT2D eigenvalue weighted by molar-refractivity contribution is 7.99. The zero-order valence-electron chi connectivity index (χ0n) is 9.20. The number of rotatable bonds is 4. The molecule has 0 aliphatic carbocycles. The van der Waals surface area contributed by atoms with Gasteiger partial charge in [-0.3, -0.25) is 9.59 Å². The number of hydrogen-bond donors (Lipinski definition) is 3. The average Bonchev–Trinajstić information content (AvgIpc) is 2.74. The van der Waals surface area contributed by atoms with Gasteiger partial charge in [-0.05, 0) is 6.92 Å². The van der Waals surface area contributed by atoms with Gasteiger partial charge in [0.2, 0.25) is 5.91 Å². The van der Waals surface area contributed by atoms with Gasteiger partial charge >= 0.3 is 5.97 Å². The van der Waals surface area contributed by atoms with Gasteiger partial charge in [-0.2, -0.15) is 12.6 Å². The van der Waals surface area contributed by atoms with Gasteiger partial charge in [-0.15, -0.1) is 11.8 Å². The number of Topliss-reactive ketones (excluding diaryl/α,β-unsaturated/α-hetero) is 1. The number of thioether (sulfide) groups is 1. The van der Waals surface area contributed by atoms with Crippen LogP contribution in [-0.4, -0.2) is 56.6 Å². The Morgan fingerprint density at radius 3 is 2.59 bits per heavy atom. The Labute approximate surface area is 108 Å². The molecule has 0 bridgehead atoms. The van der Waals surface area contributed by atoms with Gasteiger partial charge in [-0.1, -0.05) is 0 Å². The molecule has 17 heavy (non-hydrogen) atoms. The van der Waals surface area contributed by atoms with Crippen molar-refractivity contribution in [2.24, 2.45) is 5.73 Å². The van der Waals surface area contributed by atoms with Crippen molar-refractivity contribution in [2.45, 2.75) is 24.3 Å². The summed E-state index contributed by atoms with van der Waals surface area (Å²) in [6.45, 7) is 1.52. The molecule has 3 unspecified atom stereocenters. The summed E-state index contributed by atoms with van der Waals surface area (Å²) in [5, 5.41) is 8.27. The fourth-order valence-corrected chi connectivity index (χ4v) is 2.74. The minimum absolute atomic E-state index is 0.248. The second-order valence-corrected chi connectivity index (χ2v) is 5.49. The molecule has 96 valence electrons. The number of carboxylic acids is 1. The summed E-state index contributed by atoms with van der Waals surface area (Å²) < 4.78 is 0. The number of carboxylic acid groups (broad SMARTS) is 1. The lowest BCUT2D eigenvalue weighted by Crippen LogP contribution is -2.53. The van der Waals surface area contributed by atoms with E-state index in [1.54, 1.807) is 0 Å². The maximum Gasteiger partial charge on any atom is 0.327 e. The molecule has 1 saturated heterocycles. The zero-order chi connectivity index (χ0) is 13.2. The molecule has 1 rings (SSSR count). The summed E-state index contributed by atoms with van der Waals surface area (Å²) in [5.74, 6) is -1.66. The summed E-state index contributed by atoms with van der Waals surface area (Å²) >= 11 is 5.23. The smallest absolute Gasteiger partial charge is 0.327 e. The van der Waals surface area contributed by atoms with Crippen molar-refractivity contribution in [2.75, 3.05) is 11.6 Å². The van der Waals surface area contributed by atoms with Crippen LogP contribution in [0.1, 0.15) is 6.92 Å². The van der Waals surface area contributed by atoms with Crippen molar-refractivity contribution in [1.29, 1.82) is 0 Å². The Morgan fingerprint density at radius 2 is 2.12 bits per heavy atom. The highest BCUT2D eigenvalue weighted by Gasteiger charge is 2.38. The van der Waals surface area contributed by atoms with Crippen LogP contribution in [0.15, 0.2) is 0 Å². The molecule has 1 heterocycles. The third-order valence-corrected chi connectivity index (χ3v) is 3.70. The molecule has 3 atom stereocenters. The quantitative estimate of drug-likeness (QED) is 0.459. The van der Waals surface area contributed by atoms with E-state index in [-0.39, 0.29) is 5.88 Å². The van der Waals surface area contributed by atoms with E-state index in [9.17, 15) is 14.4 Å². The normalized spacial score (nSPS) is 23.2. The van der Waals surface area contributed by atoms with Crippen LogP contribution < -0.4 is 5.73 Å². The second kappa shape index (κ2) is 5.74. The number of nitrogens with two attached hydrogens (primary N) is 1. The number of aliphatic carboxylic acids is 1. The van der Waals surface area contributed by atoms with Gasteiger partial charge < -0.3 is 15.7 Å². The Balaban J connectivity index is 2.76. The number of ketones is 1. The number of nitrogens with zero attached hydrogens (tertiary/aromatic N) is 1. The number of carbonyl (C=O) groups excluding carboxylic acids is 2. The molecular formula is C9H14N2O4S2. The van der Waals surface area contributed by atoms with Gasteiger partial charge in [0.05, 0.1) is 11.1 Å². The third kappa shape index (κ3) is 3.14. The molecular weight excluding hydrogens is 264 g/mol. The number of amides is 1. The largest absolute Gasteiger partial charge is 0.480 e. The number of hydrogen-bond acceptors (Lipinski definition) is 6. The van der Waals surface area contributed by atoms with Crippen LogP contribution in [0.25, 0.3) is 0 Å². The molecule has 3 N–H and O–H groups in total. The average molecular weight is 278 g/mol. The summed E-state index contributed by atoms with van der Waals surface area (Å²) in [5.41, 5.74) is 5.51. The van der Waals surface area contributed by atoms with Crippen LogP contribution >= 0.6 is 24.4 Å². The van der Waals surface area contributed by atoms with Crippen LogP contribution in [0.3, 0.4) is 0 Å². The highest BCUT2D eigenvalue weighted by Crippen LogP contribution is 2.22. The summed E-state index contributed by atoms with van der Waals surface area (Å²) in [6, 6.07) is -2.23. The summed E-state index contributed by atoms with van der Waals surface area (Å²) in [7, 11) is 0. The SMILES string of the molecule is CC(S)C(=O)C(N)C(=O)N1CSCC1C(=O)O. The third-order valence-electron chi connectivity index (χ3n) is 2.43. The van der Waals surface area contributed by atoms with Crippen LogP contribution in [0, 0.1) is 0 Å². The predicted octanol–water partition coefficient (Wildman–Crippen LogP) is -0.813. The molecule has 0 aromatic rings. The molecule has 1 aliphatic heterocycles. The van der Waals surface area contributed by atoms with E-state index < -0.39 is 35.0 Å². The van der Waals surface area contributed by atoms with Crippen molar-refractivity contribution < 1.29 is 19.5 Å². The lowest BCUT2D eigenvalue weighted by atomic mass is 10.1. The molecule has 0 aromatic carbocycles. The number of thiol groups is 1. The van der Waals surface area contributed by atoms with Gasteiger partial charge in [0.1, 0.15) is 12.1 Å². The van der Waals surface area contributed by atoms with E-state index in [2.05, 4.69) is 12.6 Å². The minimum Gasteiger partial charge on any atom is -0.480 e. The van der Waals surface area contributed by atoms with Crippen molar-refractivity contribution in [3.05, 3.63) is 0 Å². The minimum atomic E-state index is -1.33. The Bertz CT molecular complexity index is 348. The molecule has 1 fully saturated rings. The first kappa shape index (κ1) is 14.3. The predicted molar refractivity (Wildman–Crippen MR) is 67.0 cm³/mol. The van der Waals surface area contributed by atoms with E-state index >= 15 is 0 Å². The number of carbonyl (C=O) groups is 3. The van der Waals surface area contributed by atoms with E-state index in [4.69, 9.17) is 10.8 Å². The maximum absolute atomic E-state index is 11.9. The molecule has 0 radical (unpaired) electrons. The zero-order valence-corrected chi connectivity index (χ0v) is 10.9. The van der Waals surface area contributed by atoms with E-state index in [0.717, 1.165) is 4.90 Å². The lowest BCUT2D eigenvalue weighted by molar-refractivity contribution is -0.149. The van der Waals surface area contributed by atoms with Crippen molar-refractivity contribution >= 4 is 42.1 Å². The standard InChI is InChI=1S/C9H14N2O4S2/c1-4(16)7(12)6(10)8(13)11-3-17-2-5(11)9(14)15/h4-6,16H,2-3,10H2,1H3,(H,14,15). The van der Waals surface area contributed by atoms with Crippen molar-refractivity contribution in [1.82, 2.24) is 4.90 Å². The summed E-state index contributed by atoms with van der Waals surface area (Å²) in [4.78, 5) is 35.4. The van der Waals surface area contributed by atoms with E-state index in [1.807, 2.05) is 0 Å². The van der Waals surface area contributed by atoms with Gasteiger partial charge in [-0.25, -0.2) is 4.79 Å². The van der Waals surface area contributed by atoms with E-state index in [1.165, 1.54) is 18.7 Å². The second-order valence-electron chi connectivity index (χ2n) is 3.72. The first-order valence-corrected chi connectivity index (χ1v) is 6.61. The van der Waals surface area contributed by atoms with Gasteiger partial charge in [0.15, 0.2) is 5.78 Å². The molecule has 0 aromatic heterocycles. The highest BCUT2D eigenvalue weighted by atomic mass is 32.2. The first-order chi connectivity index (χ1) is 7.86. The van der Waals surface area contributed by atoms with Crippen LogP contribution in [-0.2, 0) is 14.4 Å². The van der Waals surface area contributed by atoms with Gasteiger partial charge in [0.25, 0.3) is 0 Å². The maximum atomic E-state index is 11.9. The molecule has 0 saturated carbocycles. The molecule has 1 aliphatic rings.